The predicted octanol–water partition coefficient (Wildman–Crippen LogP) is 3.72. The van der Waals surface area contributed by atoms with Crippen molar-refractivity contribution in [1.29, 1.82) is 0 Å². The molecule has 3 rings (SSSR count). The lowest BCUT2D eigenvalue weighted by molar-refractivity contribution is 0.217. The number of sulfone groups is 1. The molecule has 5 nitrogen and oxygen atoms in total. The quantitative estimate of drug-likeness (QED) is 0.895. The molecule has 1 aliphatic heterocycles. The molecule has 0 unspecified atom stereocenters. The Kier molecular flexibility index (Phi) is 5.13. The van der Waals surface area contributed by atoms with Crippen LogP contribution >= 0.6 is 0 Å². The predicted molar refractivity (Wildman–Crippen MR) is 104 cm³/mol. The normalized spacial score (nSPS) is 14.7. The summed E-state index contributed by atoms with van der Waals surface area (Å²) in [5.74, 6) is 0. The van der Waals surface area contributed by atoms with Crippen molar-refractivity contribution in [1.82, 2.24) is 4.90 Å². The maximum absolute atomic E-state index is 12.6. The Morgan fingerprint density at radius 3 is 2.50 bits per heavy atom. The number of anilines is 1. The fraction of sp³-hybridized carbons (Fsp3) is 0.250. The van der Waals surface area contributed by atoms with Crippen LogP contribution in [0, 0.1) is 6.92 Å². The van der Waals surface area contributed by atoms with E-state index in [1.807, 2.05) is 30.3 Å². The molecule has 0 saturated heterocycles. The number of carbonyl (C=O) groups excluding carboxylic acids is 1. The molecular weight excluding hydrogens is 348 g/mol. The van der Waals surface area contributed by atoms with E-state index >= 15 is 0 Å². The van der Waals surface area contributed by atoms with E-state index in [0.717, 1.165) is 17.6 Å². The highest BCUT2D eigenvalue weighted by molar-refractivity contribution is 7.90. The zero-order valence-corrected chi connectivity index (χ0v) is 15.7. The molecule has 0 spiro atoms. The van der Waals surface area contributed by atoms with Gasteiger partial charge in [0.1, 0.15) is 0 Å². The van der Waals surface area contributed by atoms with Gasteiger partial charge < -0.3 is 10.2 Å². The molecule has 1 N–H and O–H groups in total. The van der Waals surface area contributed by atoms with E-state index in [9.17, 15) is 13.2 Å². The number of amides is 2. The summed E-state index contributed by atoms with van der Waals surface area (Å²) in [6.45, 7) is 2.93. The SMILES string of the molecule is Cc1cc(NC(=O)N2CCC=C(c3ccccc3)C2)ccc1S(C)(=O)=O. The lowest BCUT2D eigenvalue weighted by atomic mass is 10.0. The molecule has 136 valence electrons. The van der Waals surface area contributed by atoms with Gasteiger partial charge in [0.25, 0.3) is 0 Å². The van der Waals surface area contributed by atoms with Crippen LogP contribution in [-0.2, 0) is 9.84 Å². The van der Waals surface area contributed by atoms with Gasteiger partial charge in [-0.25, -0.2) is 13.2 Å². The van der Waals surface area contributed by atoms with Crippen molar-refractivity contribution in [2.24, 2.45) is 0 Å². The van der Waals surface area contributed by atoms with Gasteiger partial charge in [-0.3, -0.25) is 0 Å². The summed E-state index contributed by atoms with van der Waals surface area (Å²) in [5, 5.41) is 2.87. The van der Waals surface area contributed by atoms with Gasteiger partial charge >= 0.3 is 6.03 Å². The number of carbonyl (C=O) groups is 1. The van der Waals surface area contributed by atoms with Crippen molar-refractivity contribution in [3.63, 3.8) is 0 Å². The Bertz CT molecular complexity index is 950. The van der Waals surface area contributed by atoms with Crippen LogP contribution < -0.4 is 5.32 Å². The fourth-order valence-corrected chi connectivity index (χ4v) is 4.08. The summed E-state index contributed by atoms with van der Waals surface area (Å²) in [6, 6.07) is 14.7. The molecule has 0 aromatic heterocycles. The monoisotopic (exact) mass is 370 g/mol. The van der Waals surface area contributed by atoms with Gasteiger partial charge in [0.15, 0.2) is 9.84 Å². The maximum Gasteiger partial charge on any atom is 0.322 e. The Labute approximate surface area is 154 Å². The van der Waals surface area contributed by atoms with Crippen LogP contribution in [0.3, 0.4) is 0 Å². The highest BCUT2D eigenvalue weighted by Gasteiger charge is 2.19. The van der Waals surface area contributed by atoms with Crippen molar-refractivity contribution in [2.45, 2.75) is 18.2 Å². The number of rotatable bonds is 3. The molecule has 1 heterocycles. The van der Waals surface area contributed by atoms with Crippen molar-refractivity contribution in [3.05, 3.63) is 65.7 Å². The Hall–Kier alpha value is -2.60. The zero-order valence-electron chi connectivity index (χ0n) is 14.9. The molecule has 0 radical (unpaired) electrons. The molecule has 0 aliphatic carbocycles. The first-order valence-corrected chi connectivity index (χ1v) is 10.3. The van der Waals surface area contributed by atoms with Crippen LogP contribution in [0.1, 0.15) is 17.5 Å². The Morgan fingerprint density at radius 1 is 1.12 bits per heavy atom. The first-order chi connectivity index (χ1) is 12.3. The van der Waals surface area contributed by atoms with E-state index in [0.29, 0.717) is 24.3 Å². The largest absolute Gasteiger partial charge is 0.322 e. The van der Waals surface area contributed by atoms with Crippen LogP contribution in [0.2, 0.25) is 0 Å². The van der Waals surface area contributed by atoms with Crippen LogP contribution in [0.5, 0.6) is 0 Å². The van der Waals surface area contributed by atoms with Gasteiger partial charge in [-0.05, 0) is 48.2 Å². The number of nitrogens with one attached hydrogen (secondary N) is 1. The fourth-order valence-electron chi connectivity index (χ4n) is 3.12. The molecule has 1 aliphatic rings. The Morgan fingerprint density at radius 2 is 1.85 bits per heavy atom. The molecule has 0 fully saturated rings. The number of hydrogen-bond donors (Lipinski definition) is 1. The third-order valence-corrected chi connectivity index (χ3v) is 5.67. The van der Waals surface area contributed by atoms with Crippen LogP contribution in [0.4, 0.5) is 10.5 Å². The van der Waals surface area contributed by atoms with E-state index in [1.165, 1.54) is 12.3 Å². The van der Waals surface area contributed by atoms with Crippen molar-refractivity contribution in [2.75, 3.05) is 24.7 Å². The maximum atomic E-state index is 12.6. The number of hydrogen-bond acceptors (Lipinski definition) is 3. The van der Waals surface area contributed by atoms with Gasteiger partial charge in [-0.1, -0.05) is 36.4 Å². The van der Waals surface area contributed by atoms with Crippen LogP contribution in [-0.4, -0.2) is 38.7 Å². The van der Waals surface area contributed by atoms with Gasteiger partial charge in [0.05, 0.1) is 4.90 Å². The second-order valence-electron chi connectivity index (χ2n) is 6.49. The number of aryl methyl sites for hydroxylation is 1. The second-order valence-corrected chi connectivity index (χ2v) is 8.47. The third-order valence-electron chi connectivity index (χ3n) is 4.41. The topological polar surface area (TPSA) is 66.5 Å². The second kappa shape index (κ2) is 7.33. The summed E-state index contributed by atoms with van der Waals surface area (Å²) in [4.78, 5) is 14.7. The number of benzene rings is 2. The van der Waals surface area contributed by atoms with E-state index in [1.54, 1.807) is 24.0 Å². The van der Waals surface area contributed by atoms with Crippen molar-refractivity contribution >= 4 is 27.1 Å². The van der Waals surface area contributed by atoms with Crippen molar-refractivity contribution < 1.29 is 13.2 Å². The molecular formula is C20H22N2O3S. The minimum atomic E-state index is -3.27. The zero-order chi connectivity index (χ0) is 18.7. The van der Waals surface area contributed by atoms with Crippen LogP contribution in [0.25, 0.3) is 5.57 Å². The molecule has 0 bridgehead atoms. The highest BCUT2D eigenvalue weighted by Crippen LogP contribution is 2.23. The van der Waals surface area contributed by atoms with Gasteiger partial charge in [0, 0.05) is 25.0 Å². The lowest BCUT2D eigenvalue weighted by Crippen LogP contribution is -2.38. The minimum Gasteiger partial charge on any atom is -0.320 e. The molecule has 2 aromatic rings. The Balaban J connectivity index is 1.71. The van der Waals surface area contributed by atoms with E-state index in [2.05, 4.69) is 11.4 Å². The molecule has 2 amide bonds. The summed E-state index contributed by atoms with van der Waals surface area (Å²) >= 11 is 0. The average molecular weight is 370 g/mol. The van der Waals surface area contributed by atoms with Gasteiger partial charge in [-0.15, -0.1) is 0 Å². The summed E-state index contributed by atoms with van der Waals surface area (Å²) < 4.78 is 23.4. The van der Waals surface area contributed by atoms with E-state index < -0.39 is 9.84 Å². The molecule has 6 heteroatoms. The minimum absolute atomic E-state index is 0.182. The highest BCUT2D eigenvalue weighted by atomic mass is 32.2. The standard InChI is InChI=1S/C20H22N2O3S/c1-15-13-18(10-11-19(15)26(2,24)25)21-20(23)22-12-6-9-17(14-22)16-7-4-3-5-8-16/h3-5,7-11,13H,6,12,14H2,1-2H3,(H,21,23). The van der Waals surface area contributed by atoms with Gasteiger partial charge in [-0.2, -0.15) is 0 Å². The first kappa shape index (κ1) is 18.2. The summed E-state index contributed by atoms with van der Waals surface area (Å²) in [7, 11) is -3.27. The molecule has 2 aromatic carbocycles. The third kappa shape index (κ3) is 4.14. The van der Waals surface area contributed by atoms with Gasteiger partial charge in [0.2, 0.25) is 0 Å². The van der Waals surface area contributed by atoms with Crippen LogP contribution in [0.15, 0.2) is 59.5 Å². The van der Waals surface area contributed by atoms with E-state index in [-0.39, 0.29) is 10.9 Å². The number of nitrogens with zero attached hydrogens (tertiary/aromatic N) is 1. The van der Waals surface area contributed by atoms with Crippen molar-refractivity contribution in [3.8, 4) is 0 Å². The average Bonchev–Trinajstić information content (AvgIpc) is 2.61. The lowest BCUT2D eigenvalue weighted by Gasteiger charge is -2.28. The van der Waals surface area contributed by atoms with E-state index in [4.69, 9.17) is 0 Å². The molecule has 0 saturated carbocycles. The summed E-state index contributed by atoms with van der Waals surface area (Å²) in [6.07, 6.45) is 4.16. The smallest absolute Gasteiger partial charge is 0.320 e. The molecule has 0 atom stereocenters. The summed E-state index contributed by atoms with van der Waals surface area (Å²) in [5.41, 5.74) is 3.47. The molecule has 26 heavy (non-hydrogen) atoms. The first-order valence-electron chi connectivity index (χ1n) is 8.46. The number of urea groups is 1.